The van der Waals surface area contributed by atoms with Crippen LogP contribution >= 0.6 is 11.8 Å². The molecule has 1 aromatic heterocycles. The number of halogens is 3. The number of amides is 1. The van der Waals surface area contributed by atoms with Gasteiger partial charge < -0.3 is 15.8 Å². The monoisotopic (exact) mass is 451 g/mol. The van der Waals surface area contributed by atoms with Gasteiger partial charge in [0.25, 0.3) is 12.3 Å². The Kier molecular flexibility index (Phi) is 5.91. The van der Waals surface area contributed by atoms with Gasteiger partial charge in [0.2, 0.25) is 0 Å². The number of hydrogen-bond donors (Lipinski definition) is 3. The van der Waals surface area contributed by atoms with Gasteiger partial charge in [0.1, 0.15) is 22.7 Å². The highest BCUT2D eigenvalue weighted by Gasteiger charge is 2.49. The number of benzene rings is 1. The van der Waals surface area contributed by atoms with E-state index in [4.69, 9.17) is 10.5 Å². The first-order valence-corrected chi connectivity index (χ1v) is 10.5. The number of anilines is 1. The number of nitrogens with two attached hydrogens (primary N) is 1. The van der Waals surface area contributed by atoms with Crippen LogP contribution in [0.25, 0.3) is 0 Å². The number of ether oxygens (including phenoxy) is 1. The van der Waals surface area contributed by atoms with Gasteiger partial charge in [-0.1, -0.05) is 0 Å². The van der Waals surface area contributed by atoms with E-state index in [1.165, 1.54) is 30.0 Å². The van der Waals surface area contributed by atoms with Crippen molar-refractivity contribution in [3.63, 3.8) is 0 Å². The van der Waals surface area contributed by atoms with Crippen LogP contribution in [-0.4, -0.2) is 34.2 Å². The zero-order chi connectivity index (χ0) is 22.2. The number of rotatable bonds is 5. The molecular weight excluding hydrogens is 431 g/mol. The van der Waals surface area contributed by atoms with E-state index >= 15 is 0 Å². The molecule has 0 bridgehead atoms. The molecule has 2 heterocycles. The standard InChI is InChI=1S/C20H20F3N5O2S/c1-30-12-4-10-9-31-19(24)28-20(10,6-12)13-5-11(2-3-14(13)21)27-18(29)16-8-25-15(7-26-16)17(22)23/h2-3,5-8,10,17,19,28H,4,9,24H2,1H3,(H,27,29)/t10-,19?,20+/m1/s1. The molecule has 4 N–H and O–H groups in total. The molecule has 4 rings (SSSR count). The van der Waals surface area contributed by atoms with Crippen LogP contribution in [0.3, 0.4) is 0 Å². The first-order valence-electron chi connectivity index (χ1n) is 9.44. The van der Waals surface area contributed by atoms with Gasteiger partial charge in [-0.05, 0) is 24.3 Å². The molecule has 2 aromatic rings. The fraction of sp³-hybridized carbons (Fsp3) is 0.350. The second kappa shape index (κ2) is 8.48. The van der Waals surface area contributed by atoms with Crippen LogP contribution in [0.4, 0.5) is 18.9 Å². The SMILES string of the molecule is COC1=C[C@]2(c3cc(NC(=O)c4cnc(C(F)F)cn4)ccc3F)NC(N)SC[C@H]2C1. The normalized spacial score (nSPS) is 25.2. The van der Waals surface area contributed by atoms with E-state index in [1.807, 2.05) is 6.08 Å². The summed E-state index contributed by atoms with van der Waals surface area (Å²) in [4.78, 5) is 19.7. The molecule has 1 fully saturated rings. The van der Waals surface area contributed by atoms with Gasteiger partial charge in [0.05, 0.1) is 30.8 Å². The Morgan fingerprint density at radius 3 is 2.87 bits per heavy atom. The molecule has 1 amide bonds. The lowest BCUT2D eigenvalue weighted by Crippen LogP contribution is -2.56. The van der Waals surface area contributed by atoms with Crippen LogP contribution < -0.4 is 16.4 Å². The minimum atomic E-state index is -2.78. The molecule has 7 nitrogen and oxygen atoms in total. The highest BCUT2D eigenvalue weighted by atomic mass is 32.2. The maximum atomic E-state index is 15.0. The topological polar surface area (TPSA) is 102 Å². The predicted octanol–water partition coefficient (Wildman–Crippen LogP) is 3.13. The summed E-state index contributed by atoms with van der Waals surface area (Å²) in [6.07, 6.45) is 1.51. The zero-order valence-corrected chi connectivity index (χ0v) is 17.3. The van der Waals surface area contributed by atoms with Crippen molar-refractivity contribution < 1.29 is 22.7 Å². The number of hydrogen-bond acceptors (Lipinski definition) is 7. The van der Waals surface area contributed by atoms with Gasteiger partial charge in [0, 0.05) is 29.3 Å². The number of methoxy groups -OCH3 is 1. The van der Waals surface area contributed by atoms with Crippen LogP contribution in [-0.2, 0) is 10.3 Å². The summed E-state index contributed by atoms with van der Waals surface area (Å²) in [7, 11) is 1.57. The molecule has 11 heteroatoms. The predicted molar refractivity (Wildman–Crippen MR) is 110 cm³/mol. The number of nitrogens with one attached hydrogen (secondary N) is 2. The van der Waals surface area contributed by atoms with Gasteiger partial charge in [-0.2, -0.15) is 0 Å². The van der Waals surface area contributed by atoms with Gasteiger partial charge in [-0.25, -0.2) is 18.2 Å². The van der Waals surface area contributed by atoms with E-state index < -0.39 is 34.9 Å². The summed E-state index contributed by atoms with van der Waals surface area (Å²) in [5.41, 5.74) is 4.82. The largest absolute Gasteiger partial charge is 0.501 e. The van der Waals surface area contributed by atoms with Crippen molar-refractivity contribution in [1.82, 2.24) is 15.3 Å². The molecule has 1 saturated heterocycles. The molecule has 0 radical (unpaired) electrons. The summed E-state index contributed by atoms with van der Waals surface area (Å²) < 4.78 is 45.6. The summed E-state index contributed by atoms with van der Waals surface area (Å²) >= 11 is 1.54. The average Bonchev–Trinajstić information content (AvgIpc) is 3.14. The van der Waals surface area contributed by atoms with E-state index in [9.17, 15) is 18.0 Å². The first-order chi connectivity index (χ1) is 14.8. The van der Waals surface area contributed by atoms with Crippen LogP contribution in [0.15, 0.2) is 42.4 Å². The van der Waals surface area contributed by atoms with E-state index in [1.54, 1.807) is 7.11 Å². The molecule has 1 aromatic carbocycles. The van der Waals surface area contributed by atoms with E-state index in [2.05, 4.69) is 20.6 Å². The third kappa shape index (κ3) is 4.12. The summed E-state index contributed by atoms with van der Waals surface area (Å²) in [6, 6.07) is 4.21. The second-order valence-electron chi connectivity index (χ2n) is 7.26. The van der Waals surface area contributed by atoms with Crippen LogP contribution in [0.5, 0.6) is 0 Å². The van der Waals surface area contributed by atoms with Crippen LogP contribution in [0.2, 0.25) is 0 Å². The van der Waals surface area contributed by atoms with E-state index in [-0.39, 0.29) is 11.6 Å². The minimum absolute atomic E-state index is 0.0143. The fourth-order valence-electron chi connectivity index (χ4n) is 3.88. The number of carbonyl (C=O) groups excluding carboxylic acids is 1. The molecular formula is C20H20F3N5O2S. The second-order valence-corrected chi connectivity index (χ2v) is 8.43. The van der Waals surface area contributed by atoms with Crippen LogP contribution in [0, 0.1) is 11.7 Å². The van der Waals surface area contributed by atoms with Crippen molar-refractivity contribution in [2.24, 2.45) is 11.7 Å². The Morgan fingerprint density at radius 1 is 1.39 bits per heavy atom. The lowest BCUT2D eigenvalue weighted by molar-refractivity contribution is 0.102. The van der Waals surface area contributed by atoms with Crippen molar-refractivity contribution in [2.75, 3.05) is 18.2 Å². The Balaban J connectivity index is 1.64. The Bertz CT molecular complexity index is 1020. The maximum Gasteiger partial charge on any atom is 0.281 e. The van der Waals surface area contributed by atoms with Gasteiger partial charge >= 0.3 is 0 Å². The number of alkyl halides is 2. The number of carbonyl (C=O) groups is 1. The van der Waals surface area contributed by atoms with Crippen molar-refractivity contribution in [1.29, 1.82) is 0 Å². The molecule has 164 valence electrons. The fourth-order valence-corrected chi connectivity index (χ4v) is 4.98. The van der Waals surface area contributed by atoms with Crippen molar-refractivity contribution in [3.05, 3.63) is 65.2 Å². The number of allylic oxidation sites excluding steroid dienone is 1. The summed E-state index contributed by atoms with van der Waals surface area (Å²) in [5, 5.41) is 5.90. The molecule has 1 aliphatic heterocycles. The van der Waals surface area contributed by atoms with Crippen LogP contribution in [0.1, 0.15) is 34.6 Å². The number of fused-ring (bicyclic) bond motifs is 1. The average molecular weight is 451 g/mol. The van der Waals surface area contributed by atoms with Gasteiger partial charge in [0.15, 0.2) is 0 Å². The Labute approximate surface area is 180 Å². The molecule has 0 saturated carbocycles. The summed E-state index contributed by atoms with van der Waals surface area (Å²) in [5.74, 6) is 0.350. The molecule has 31 heavy (non-hydrogen) atoms. The zero-order valence-electron chi connectivity index (χ0n) is 16.4. The molecule has 1 unspecified atom stereocenters. The first kappa shape index (κ1) is 21.6. The maximum absolute atomic E-state index is 15.0. The number of nitrogens with zero attached hydrogens (tertiary/aromatic N) is 2. The van der Waals surface area contributed by atoms with E-state index in [0.29, 0.717) is 23.4 Å². The Hall–Kier alpha value is -2.63. The molecule has 2 aliphatic rings. The number of aromatic nitrogens is 2. The third-order valence-electron chi connectivity index (χ3n) is 5.40. The highest BCUT2D eigenvalue weighted by Crippen LogP contribution is 2.48. The molecule has 0 spiro atoms. The van der Waals surface area contributed by atoms with Gasteiger partial charge in [-0.15, -0.1) is 11.8 Å². The number of thioether (sulfide) groups is 1. The lowest BCUT2D eigenvalue weighted by atomic mass is 9.80. The van der Waals surface area contributed by atoms with E-state index in [0.717, 1.165) is 18.2 Å². The minimum Gasteiger partial charge on any atom is -0.501 e. The molecule has 3 atom stereocenters. The third-order valence-corrected chi connectivity index (χ3v) is 6.47. The summed E-state index contributed by atoms with van der Waals surface area (Å²) in [6.45, 7) is 0. The Morgan fingerprint density at radius 2 is 2.19 bits per heavy atom. The molecule has 1 aliphatic carbocycles. The van der Waals surface area contributed by atoms with Crippen molar-refractivity contribution >= 4 is 23.4 Å². The smallest absolute Gasteiger partial charge is 0.281 e. The van der Waals surface area contributed by atoms with Crippen molar-refractivity contribution in [2.45, 2.75) is 23.9 Å². The quantitative estimate of drug-likeness (QED) is 0.642. The van der Waals surface area contributed by atoms with Crippen molar-refractivity contribution in [3.8, 4) is 0 Å². The van der Waals surface area contributed by atoms with Gasteiger partial charge in [-0.3, -0.25) is 15.1 Å². The highest BCUT2D eigenvalue weighted by molar-refractivity contribution is 7.99. The lowest BCUT2D eigenvalue weighted by Gasteiger charge is -2.42.